The number of carbonyl (C=O) groups excluding carboxylic acids is 1. The molecule has 0 heterocycles. The highest BCUT2D eigenvalue weighted by Gasteiger charge is 2.09. The minimum absolute atomic E-state index is 0. The Labute approximate surface area is 166 Å². The molecular formula is C17H28FIN4O2. The van der Waals surface area contributed by atoms with Crippen LogP contribution in [0.15, 0.2) is 29.3 Å². The Morgan fingerprint density at radius 1 is 1.24 bits per heavy atom. The van der Waals surface area contributed by atoms with Crippen molar-refractivity contribution in [3.05, 3.63) is 30.1 Å². The van der Waals surface area contributed by atoms with Crippen LogP contribution < -0.4 is 20.7 Å². The van der Waals surface area contributed by atoms with Gasteiger partial charge in [-0.25, -0.2) is 4.39 Å². The van der Waals surface area contributed by atoms with E-state index >= 15 is 0 Å². The summed E-state index contributed by atoms with van der Waals surface area (Å²) < 4.78 is 19.1. The standard InChI is InChI=1S/C17H27FN4O2.HI/c1-4-10-20-16(23)9-11-21-17(19-3)22-12-13(2)24-15-8-6-5-7-14(15)18;/h5-8,13H,4,9-12H2,1-3H3,(H,20,23)(H2,19,21,22);1H. The third-order valence-corrected chi connectivity index (χ3v) is 3.16. The van der Waals surface area contributed by atoms with Gasteiger partial charge >= 0.3 is 0 Å². The summed E-state index contributed by atoms with van der Waals surface area (Å²) in [5.41, 5.74) is 0. The number of ether oxygens (including phenoxy) is 1. The molecule has 0 spiro atoms. The van der Waals surface area contributed by atoms with Crippen LogP contribution in [0, 0.1) is 5.82 Å². The minimum Gasteiger partial charge on any atom is -0.486 e. The van der Waals surface area contributed by atoms with Gasteiger partial charge < -0.3 is 20.7 Å². The molecule has 1 rings (SSSR count). The van der Waals surface area contributed by atoms with Crippen molar-refractivity contribution in [2.24, 2.45) is 4.99 Å². The molecule has 0 bridgehead atoms. The Morgan fingerprint density at radius 2 is 1.96 bits per heavy atom. The maximum atomic E-state index is 13.5. The third-order valence-electron chi connectivity index (χ3n) is 3.16. The molecule has 25 heavy (non-hydrogen) atoms. The number of halogens is 2. The number of nitrogens with one attached hydrogen (secondary N) is 3. The first-order chi connectivity index (χ1) is 11.6. The molecule has 0 aliphatic rings. The molecule has 0 aromatic heterocycles. The van der Waals surface area contributed by atoms with Crippen LogP contribution in [0.1, 0.15) is 26.7 Å². The predicted molar refractivity (Wildman–Crippen MR) is 109 cm³/mol. The van der Waals surface area contributed by atoms with Gasteiger partial charge in [0.15, 0.2) is 17.5 Å². The SMILES string of the molecule is CCCNC(=O)CCNC(=NC)NCC(C)Oc1ccccc1F.I. The Balaban J connectivity index is 0.00000576. The van der Waals surface area contributed by atoms with Crippen LogP contribution in [0.5, 0.6) is 5.75 Å². The second-order valence-corrected chi connectivity index (χ2v) is 5.34. The van der Waals surface area contributed by atoms with E-state index in [4.69, 9.17) is 4.74 Å². The van der Waals surface area contributed by atoms with Crippen LogP contribution in [0.3, 0.4) is 0 Å². The highest BCUT2D eigenvalue weighted by atomic mass is 127. The fourth-order valence-electron chi connectivity index (χ4n) is 1.91. The summed E-state index contributed by atoms with van der Waals surface area (Å²) in [6, 6.07) is 6.30. The lowest BCUT2D eigenvalue weighted by Crippen LogP contribution is -2.43. The Bertz CT molecular complexity index is 543. The summed E-state index contributed by atoms with van der Waals surface area (Å²) in [5, 5.41) is 8.95. The number of aliphatic imine (C=N–C) groups is 1. The number of guanidine groups is 1. The van der Waals surface area contributed by atoms with Gasteiger partial charge in [0.25, 0.3) is 0 Å². The molecule has 0 aliphatic heterocycles. The van der Waals surface area contributed by atoms with Crippen molar-refractivity contribution in [2.45, 2.75) is 32.8 Å². The van der Waals surface area contributed by atoms with Crippen LogP contribution >= 0.6 is 24.0 Å². The molecule has 0 aliphatic carbocycles. The maximum Gasteiger partial charge on any atom is 0.221 e. The predicted octanol–water partition coefficient (Wildman–Crippen LogP) is 2.29. The number of hydrogen-bond acceptors (Lipinski definition) is 3. The number of amides is 1. The molecule has 0 saturated carbocycles. The lowest BCUT2D eigenvalue weighted by Gasteiger charge is -2.18. The first-order valence-electron chi connectivity index (χ1n) is 8.19. The van der Waals surface area contributed by atoms with Gasteiger partial charge in [0.2, 0.25) is 5.91 Å². The largest absolute Gasteiger partial charge is 0.486 e. The van der Waals surface area contributed by atoms with Crippen molar-refractivity contribution in [3.8, 4) is 5.75 Å². The number of benzene rings is 1. The van der Waals surface area contributed by atoms with Gasteiger partial charge in [-0.2, -0.15) is 0 Å². The van der Waals surface area contributed by atoms with Crippen molar-refractivity contribution in [1.29, 1.82) is 0 Å². The van der Waals surface area contributed by atoms with Crippen molar-refractivity contribution < 1.29 is 13.9 Å². The summed E-state index contributed by atoms with van der Waals surface area (Å²) in [7, 11) is 1.65. The molecule has 1 aromatic carbocycles. The summed E-state index contributed by atoms with van der Waals surface area (Å²) in [6.45, 7) is 5.48. The Kier molecular flexibility index (Phi) is 12.8. The highest BCUT2D eigenvalue weighted by molar-refractivity contribution is 14.0. The lowest BCUT2D eigenvalue weighted by atomic mass is 10.3. The number of para-hydroxylation sites is 1. The van der Waals surface area contributed by atoms with Gasteiger partial charge in [0.1, 0.15) is 6.10 Å². The average Bonchev–Trinajstić information content (AvgIpc) is 2.58. The highest BCUT2D eigenvalue weighted by Crippen LogP contribution is 2.16. The van der Waals surface area contributed by atoms with E-state index in [0.29, 0.717) is 32.0 Å². The zero-order chi connectivity index (χ0) is 17.8. The smallest absolute Gasteiger partial charge is 0.221 e. The molecule has 0 saturated heterocycles. The topological polar surface area (TPSA) is 74.8 Å². The zero-order valence-corrected chi connectivity index (χ0v) is 17.3. The van der Waals surface area contributed by atoms with E-state index in [9.17, 15) is 9.18 Å². The fourth-order valence-corrected chi connectivity index (χ4v) is 1.91. The summed E-state index contributed by atoms with van der Waals surface area (Å²) in [6.07, 6.45) is 1.05. The lowest BCUT2D eigenvalue weighted by molar-refractivity contribution is -0.120. The maximum absolute atomic E-state index is 13.5. The first kappa shape index (κ1) is 23.4. The van der Waals surface area contributed by atoms with Crippen molar-refractivity contribution in [3.63, 3.8) is 0 Å². The average molecular weight is 466 g/mol. The van der Waals surface area contributed by atoms with Crippen molar-refractivity contribution in [1.82, 2.24) is 16.0 Å². The van der Waals surface area contributed by atoms with E-state index in [2.05, 4.69) is 20.9 Å². The molecule has 1 amide bonds. The van der Waals surface area contributed by atoms with E-state index in [1.54, 1.807) is 25.2 Å². The number of carbonyl (C=O) groups is 1. The van der Waals surface area contributed by atoms with Gasteiger partial charge in [0.05, 0.1) is 6.54 Å². The van der Waals surface area contributed by atoms with Crippen molar-refractivity contribution >= 4 is 35.8 Å². The van der Waals surface area contributed by atoms with Crippen LogP contribution in [0.25, 0.3) is 0 Å². The number of hydrogen-bond donors (Lipinski definition) is 3. The van der Waals surface area contributed by atoms with Gasteiger partial charge in [-0.1, -0.05) is 19.1 Å². The molecule has 1 aromatic rings. The van der Waals surface area contributed by atoms with Gasteiger partial charge in [-0.15, -0.1) is 24.0 Å². The number of rotatable bonds is 9. The van der Waals surface area contributed by atoms with Crippen LogP contribution in [-0.2, 0) is 4.79 Å². The molecule has 142 valence electrons. The Morgan fingerprint density at radius 3 is 2.60 bits per heavy atom. The summed E-state index contributed by atoms with van der Waals surface area (Å²) >= 11 is 0. The van der Waals surface area contributed by atoms with E-state index < -0.39 is 0 Å². The molecular weight excluding hydrogens is 438 g/mol. The molecule has 0 radical (unpaired) electrons. The second kappa shape index (κ2) is 13.7. The van der Waals surface area contributed by atoms with Gasteiger partial charge in [-0.3, -0.25) is 9.79 Å². The van der Waals surface area contributed by atoms with E-state index in [1.807, 2.05) is 13.8 Å². The first-order valence-corrected chi connectivity index (χ1v) is 8.19. The molecule has 3 N–H and O–H groups in total. The molecule has 6 nitrogen and oxygen atoms in total. The summed E-state index contributed by atoms with van der Waals surface area (Å²) in [5.74, 6) is 0.422. The Hall–Kier alpha value is -1.58. The van der Waals surface area contributed by atoms with E-state index in [0.717, 1.165) is 6.42 Å². The van der Waals surface area contributed by atoms with E-state index in [1.165, 1.54) is 6.07 Å². The normalized spacial score (nSPS) is 11.9. The molecule has 8 heteroatoms. The molecule has 1 unspecified atom stereocenters. The zero-order valence-electron chi connectivity index (χ0n) is 15.0. The minimum atomic E-state index is -0.384. The van der Waals surface area contributed by atoms with Gasteiger partial charge in [0, 0.05) is 26.6 Å². The second-order valence-electron chi connectivity index (χ2n) is 5.34. The molecule has 0 fully saturated rings. The summed E-state index contributed by atoms with van der Waals surface area (Å²) in [4.78, 5) is 15.6. The van der Waals surface area contributed by atoms with Crippen LogP contribution in [0.2, 0.25) is 0 Å². The fraction of sp³-hybridized carbons (Fsp3) is 0.529. The molecule has 1 atom stereocenters. The van der Waals surface area contributed by atoms with Gasteiger partial charge in [-0.05, 0) is 25.5 Å². The number of nitrogens with zero attached hydrogens (tertiary/aromatic N) is 1. The van der Waals surface area contributed by atoms with Crippen LogP contribution in [0.4, 0.5) is 4.39 Å². The van der Waals surface area contributed by atoms with E-state index in [-0.39, 0.29) is 47.6 Å². The monoisotopic (exact) mass is 466 g/mol. The van der Waals surface area contributed by atoms with Crippen LogP contribution in [-0.4, -0.2) is 44.7 Å². The third kappa shape index (κ3) is 10.1. The van der Waals surface area contributed by atoms with Crippen molar-refractivity contribution in [2.75, 3.05) is 26.7 Å². The quantitative estimate of drug-likeness (QED) is 0.297.